The number of carbonyl (C=O) groups excluding carboxylic acids is 2. The van der Waals surface area contributed by atoms with E-state index in [-0.39, 0.29) is 12.5 Å². The molecule has 3 heterocycles. The summed E-state index contributed by atoms with van der Waals surface area (Å²) in [6.45, 7) is 1.70. The summed E-state index contributed by atoms with van der Waals surface area (Å²) in [5, 5.41) is 18.1. The van der Waals surface area contributed by atoms with E-state index in [1.807, 2.05) is 47.2 Å². The molecule has 1 N–H and O–H groups in total. The fourth-order valence-corrected chi connectivity index (χ4v) is 3.57. The molecule has 1 saturated heterocycles. The molecule has 9 heteroatoms. The second-order valence-corrected chi connectivity index (χ2v) is 6.58. The second-order valence-electron chi connectivity index (χ2n) is 5.80. The number of rotatable bonds is 4. The maximum absolute atomic E-state index is 12.9. The topological polar surface area (TPSA) is 93.0 Å². The van der Waals surface area contributed by atoms with Gasteiger partial charge in [0, 0.05) is 0 Å². The number of nitrogens with one attached hydrogen (secondary N) is 1. The molecule has 2 aromatic heterocycles. The third-order valence-corrected chi connectivity index (χ3v) is 4.89. The molecule has 0 radical (unpaired) electrons. The van der Waals surface area contributed by atoms with Crippen molar-refractivity contribution in [3.63, 3.8) is 0 Å². The van der Waals surface area contributed by atoms with Crippen molar-refractivity contribution in [3.8, 4) is 5.69 Å². The van der Waals surface area contributed by atoms with E-state index in [1.54, 1.807) is 6.92 Å². The van der Waals surface area contributed by atoms with Gasteiger partial charge in [0.15, 0.2) is 5.82 Å². The molecule has 4 rings (SSSR count). The smallest absolute Gasteiger partial charge is 0.319 e. The van der Waals surface area contributed by atoms with Gasteiger partial charge < -0.3 is 5.32 Å². The first-order valence-corrected chi connectivity index (χ1v) is 8.53. The van der Waals surface area contributed by atoms with Crippen molar-refractivity contribution in [1.29, 1.82) is 0 Å². The first-order valence-electron chi connectivity index (χ1n) is 7.59. The molecule has 1 aliphatic rings. The molecular weight excluding hydrogens is 340 g/mol. The fraction of sp³-hybridized carbons (Fsp3) is 0.188. The van der Waals surface area contributed by atoms with E-state index in [4.69, 9.17) is 0 Å². The molecule has 126 valence electrons. The van der Waals surface area contributed by atoms with E-state index in [9.17, 15) is 9.59 Å². The Morgan fingerprint density at radius 1 is 1.20 bits per heavy atom. The number of benzene rings is 1. The van der Waals surface area contributed by atoms with E-state index in [1.165, 1.54) is 16.0 Å². The van der Waals surface area contributed by atoms with E-state index in [2.05, 4.69) is 20.8 Å². The Hall–Kier alpha value is -3.07. The van der Waals surface area contributed by atoms with Gasteiger partial charge in [-0.15, -0.1) is 5.10 Å². The molecule has 0 saturated carbocycles. The van der Waals surface area contributed by atoms with Crippen molar-refractivity contribution in [2.75, 3.05) is 0 Å². The van der Waals surface area contributed by atoms with Crippen molar-refractivity contribution in [1.82, 2.24) is 30.4 Å². The van der Waals surface area contributed by atoms with Crippen LogP contribution >= 0.6 is 11.3 Å². The van der Waals surface area contributed by atoms with Gasteiger partial charge in [-0.25, -0.2) is 4.79 Å². The lowest BCUT2D eigenvalue weighted by Crippen LogP contribution is -2.40. The number of imide groups is 1. The molecule has 25 heavy (non-hydrogen) atoms. The van der Waals surface area contributed by atoms with Crippen LogP contribution in [-0.2, 0) is 16.9 Å². The van der Waals surface area contributed by atoms with Crippen molar-refractivity contribution in [3.05, 3.63) is 58.5 Å². The van der Waals surface area contributed by atoms with Crippen molar-refractivity contribution in [2.24, 2.45) is 0 Å². The lowest BCUT2D eigenvalue weighted by Gasteiger charge is -2.20. The van der Waals surface area contributed by atoms with Crippen LogP contribution in [0.4, 0.5) is 4.79 Å². The Kier molecular flexibility index (Phi) is 3.57. The number of aromatic nitrogens is 4. The summed E-state index contributed by atoms with van der Waals surface area (Å²) >= 11 is 1.48. The lowest BCUT2D eigenvalue weighted by molar-refractivity contribution is -0.131. The van der Waals surface area contributed by atoms with Crippen LogP contribution in [0.15, 0.2) is 47.2 Å². The van der Waals surface area contributed by atoms with Crippen molar-refractivity contribution in [2.45, 2.75) is 19.0 Å². The van der Waals surface area contributed by atoms with Gasteiger partial charge >= 0.3 is 6.03 Å². The average Bonchev–Trinajstić information content (AvgIpc) is 3.34. The predicted octanol–water partition coefficient (Wildman–Crippen LogP) is 1.69. The first kappa shape index (κ1) is 15.5. The van der Waals surface area contributed by atoms with Crippen LogP contribution in [0.25, 0.3) is 5.69 Å². The number of thiophene rings is 1. The third-order valence-electron chi connectivity index (χ3n) is 4.21. The van der Waals surface area contributed by atoms with Crippen LogP contribution in [0, 0.1) is 0 Å². The Bertz CT molecular complexity index is 923. The molecule has 1 aliphatic heterocycles. The molecule has 8 nitrogen and oxygen atoms in total. The predicted molar refractivity (Wildman–Crippen MR) is 89.9 cm³/mol. The van der Waals surface area contributed by atoms with E-state index in [0.717, 1.165) is 16.2 Å². The summed E-state index contributed by atoms with van der Waals surface area (Å²) in [6.07, 6.45) is 0. The fourth-order valence-electron chi connectivity index (χ4n) is 2.80. The minimum Gasteiger partial charge on any atom is -0.319 e. The van der Waals surface area contributed by atoms with Gasteiger partial charge in [-0.05, 0) is 51.9 Å². The van der Waals surface area contributed by atoms with E-state index in [0.29, 0.717) is 5.82 Å². The van der Waals surface area contributed by atoms with Gasteiger partial charge in [-0.1, -0.05) is 18.2 Å². The Labute approximate surface area is 147 Å². The molecule has 1 aromatic carbocycles. The zero-order valence-corrected chi connectivity index (χ0v) is 14.1. The summed E-state index contributed by atoms with van der Waals surface area (Å²) in [5.74, 6) is 0.0859. The molecule has 0 spiro atoms. The Balaban J connectivity index is 1.64. The average molecular weight is 354 g/mol. The number of carbonyl (C=O) groups is 2. The molecule has 3 aromatic rings. The molecule has 0 bridgehead atoms. The van der Waals surface area contributed by atoms with Crippen LogP contribution in [0.5, 0.6) is 0 Å². The number of para-hydroxylation sites is 1. The highest BCUT2D eigenvalue weighted by Crippen LogP contribution is 2.30. The normalized spacial score (nSPS) is 20.1. The number of urea groups is 1. The number of nitrogens with zero attached hydrogens (tertiary/aromatic N) is 5. The molecule has 1 fully saturated rings. The Morgan fingerprint density at radius 3 is 2.72 bits per heavy atom. The lowest BCUT2D eigenvalue weighted by atomic mass is 9.95. The zero-order valence-electron chi connectivity index (χ0n) is 13.3. The van der Waals surface area contributed by atoms with Crippen molar-refractivity contribution >= 4 is 23.3 Å². The summed E-state index contributed by atoms with van der Waals surface area (Å²) in [6, 6.07) is 10.7. The van der Waals surface area contributed by atoms with Crippen LogP contribution in [0.2, 0.25) is 0 Å². The number of amides is 3. The molecule has 0 unspecified atom stereocenters. The molecular formula is C16H14N6O2S. The van der Waals surface area contributed by atoms with Gasteiger partial charge in [0.25, 0.3) is 5.91 Å². The van der Waals surface area contributed by atoms with Crippen LogP contribution < -0.4 is 5.32 Å². The highest BCUT2D eigenvalue weighted by molar-refractivity contribution is 7.08. The van der Waals surface area contributed by atoms with Crippen molar-refractivity contribution < 1.29 is 9.59 Å². The van der Waals surface area contributed by atoms with E-state index < -0.39 is 11.6 Å². The van der Waals surface area contributed by atoms with E-state index >= 15 is 0 Å². The number of tetrazole rings is 1. The molecule has 3 amide bonds. The zero-order chi connectivity index (χ0) is 17.4. The van der Waals surface area contributed by atoms with Crippen LogP contribution in [0.3, 0.4) is 0 Å². The van der Waals surface area contributed by atoms with Gasteiger partial charge in [0.1, 0.15) is 5.54 Å². The standard InChI is InChI=1S/C16H14N6O2S/c1-16(11-7-8-25-10-11)14(23)21(15(24)17-16)9-13-18-19-20-22(13)12-5-3-2-4-6-12/h2-8,10H,9H2,1H3,(H,17,24)/t16-/m1/s1. The largest absolute Gasteiger partial charge is 0.325 e. The maximum Gasteiger partial charge on any atom is 0.325 e. The van der Waals surface area contributed by atoms with Gasteiger partial charge in [-0.3, -0.25) is 9.69 Å². The molecule has 1 atom stereocenters. The van der Waals surface area contributed by atoms with Crippen LogP contribution in [0.1, 0.15) is 18.3 Å². The monoisotopic (exact) mass is 354 g/mol. The summed E-state index contributed by atoms with van der Waals surface area (Å²) in [5.41, 5.74) is 0.457. The highest BCUT2D eigenvalue weighted by atomic mass is 32.1. The highest BCUT2D eigenvalue weighted by Gasteiger charge is 2.49. The minimum absolute atomic E-state index is 0.00765. The Morgan fingerprint density at radius 2 is 2.00 bits per heavy atom. The quantitative estimate of drug-likeness (QED) is 0.720. The van der Waals surface area contributed by atoms with Gasteiger partial charge in [0.05, 0.1) is 12.2 Å². The minimum atomic E-state index is -1.07. The van der Waals surface area contributed by atoms with Crippen LogP contribution in [-0.4, -0.2) is 37.0 Å². The van der Waals surface area contributed by atoms with Gasteiger partial charge in [-0.2, -0.15) is 16.0 Å². The van der Waals surface area contributed by atoms with Gasteiger partial charge in [0.2, 0.25) is 0 Å². The summed E-state index contributed by atoms with van der Waals surface area (Å²) < 4.78 is 1.51. The summed E-state index contributed by atoms with van der Waals surface area (Å²) in [4.78, 5) is 26.4. The third kappa shape index (κ3) is 2.49. The number of hydrogen-bond donors (Lipinski definition) is 1. The summed E-state index contributed by atoms with van der Waals surface area (Å²) in [7, 11) is 0. The SMILES string of the molecule is C[C@]1(c2ccsc2)NC(=O)N(Cc2nnnn2-c2ccccc2)C1=O. The molecule has 0 aliphatic carbocycles. The first-order chi connectivity index (χ1) is 12.1. The number of hydrogen-bond acceptors (Lipinski definition) is 6. The maximum atomic E-state index is 12.9. The second kappa shape index (κ2) is 5.78.